The third kappa shape index (κ3) is 5.50. The average molecular weight is 234 g/mol. The molecule has 17 heavy (non-hydrogen) atoms. The van der Waals surface area contributed by atoms with Gasteiger partial charge in [-0.3, -0.25) is 4.79 Å². The van der Waals surface area contributed by atoms with Gasteiger partial charge < -0.3 is 10.6 Å². The lowest BCUT2D eigenvalue weighted by Gasteiger charge is -2.12. The van der Waals surface area contributed by atoms with E-state index in [4.69, 9.17) is 0 Å². The summed E-state index contributed by atoms with van der Waals surface area (Å²) in [5.74, 6) is 0.0972. The van der Waals surface area contributed by atoms with Crippen molar-refractivity contribution in [3.05, 3.63) is 35.4 Å². The summed E-state index contributed by atoms with van der Waals surface area (Å²) in [4.78, 5) is 11.6. The predicted octanol–water partition coefficient (Wildman–Crippen LogP) is 2.00. The van der Waals surface area contributed by atoms with E-state index in [2.05, 4.69) is 29.7 Å². The Morgan fingerprint density at radius 3 is 2.82 bits per heavy atom. The van der Waals surface area contributed by atoms with Gasteiger partial charge in [0.15, 0.2) is 0 Å². The second kappa shape index (κ2) is 7.07. The summed E-state index contributed by atoms with van der Waals surface area (Å²) in [6, 6.07) is 8.42. The molecule has 0 saturated carbocycles. The first-order valence-corrected chi connectivity index (χ1v) is 6.17. The van der Waals surface area contributed by atoms with Crippen molar-refractivity contribution in [1.29, 1.82) is 0 Å². The number of amides is 1. The second-order valence-corrected chi connectivity index (χ2v) is 4.43. The maximum Gasteiger partial charge on any atom is 0.221 e. The molecule has 0 fully saturated rings. The fourth-order valence-corrected chi connectivity index (χ4v) is 1.79. The Kier molecular flexibility index (Phi) is 5.70. The molecule has 1 aromatic carbocycles. The molecule has 0 aliphatic rings. The molecule has 94 valence electrons. The zero-order valence-electron chi connectivity index (χ0n) is 10.9. The van der Waals surface area contributed by atoms with Gasteiger partial charge in [-0.05, 0) is 26.0 Å². The van der Waals surface area contributed by atoms with Crippen LogP contribution in [-0.2, 0) is 11.3 Å². The van der Waals surface area contributed by atoms with Gasteiger partial charge in [0.05, 0.1) is 0 Å². The highest BCUT2D eigenvalue weighted by atomic mass is 16.1. The van der Waals surface area contributed by atoms with Crippen molar-refractivity contribution >= 4 is 5.91 Å². The lowest BCUT2D eigenvalue weighted by molar-refractivity contribution is -0.121. The number of carbonyl (C=O) groups excluding carboxylic acids is 1. The van der Waals surface area contributed by atoms with Crippen molar-refractivity contribution in [1.82, 2.24) is 10.6 Å². The van der Waals surface area contributed by atoms with E-state index in [1.807, 2.05) is 26.0 Å². The molecule has 0 aliphatic heterocycles. The number of hydrogen-bond acceptors (Lipinski definition) is 2. The maximum absolute atomic E-state index is 11.6. The van der Waals surface area contributed by atoms with Crippen LogP contribution >= 0.6 is 0 Å². The summed E-state index contributed by atoms with van der Waals surface area (Å²) in [5, 5.41) is 6.16. The molecule has 1 aromatic rings. The van der Waals surface area contributed by atoms with Gasteiger partial charge in [0, 0.05) is 19.0 Å². The fourth-order valence-electron chi connectivity index (χ4n) is 1.79. The summed E-state index contributed by atoms with van der Waals surface area (Å²) in [5.41, 5.74) is 2.37. The Balaban J connectivity index is 2.33. The summed E-state index contributed by atoms with van der Waals surface area (Å²) >= 11 is 0. The number of carbonyl (C=O) groups is 1. The van der Waals surface area contributed by atoms with E-state index in [9.17, 15) is 4.79 Å². The molecule has 1 amide bonds. The van der Waals surface area contributed by atoms with Crippen molar-refractivity contribution in [2.24, 2.45) is 0 Å². The lowest BCUT2D eigenvalue weighted by Crippen LogP contribution is -2.33. The van der Waals surface area contributed by atoms with E-state index in [1.165, 1.54) is 5.56 Å². The normalized spacial score (nSPS) is 12.2. The molecule has 0 heterocycles. The van der Waals surface area contributed by atoms with Crippen LogP contribution in [0.4, 0.5) is 0 Å². The fraction of sp³-hybridized carbons (Fsp3) is 0.500. The molecule has 2 N–H and O–H groups in total. The molecule has 0 spiro atoms. The van der Waals surface area contributed by atoms with Crippen LogP contribution in [0.1, 0.15) is 31.4 Å². The van der Waals surface area contributed by atoms with Crippen molar-refractivity contribution in [2.75, 3.05) is 6.54 Å². The van der Waals surface area contributed by atoms with Gasteiger partial charge in [0.1, 0.15) is 0 Å². The third-order valence-electron chi connectivity index (χ3n) is 2.62. The minimum absolute atomic E-state index is 0.0972. The monoisotopic (exact) mass is 234 g/mol. The van der Waals surface area contributed by atoms with E-state index in [0.717, 1.165) is 12.1 Å². The Morgan fingerprint density at radius 2 is 2.18 bits per heavy atom. The summed E-state index contributed by atoms with van der Waals surface area (Å²) in [6.45, 7) is 7.63. The van der Waals surface area contributed by atoms with E-state index < -0.39 is 0 Å². The largest absolute Gasteiger partial charge is 0.352 e. The maximum atomic E-state index is 11.6. The summed E-state index contributed by atoms with van der Waals surface area (Å²) in [7, 11) is 0. The molecule has 1 atom stereocenters. The zero-order chi connectivity index (χ0) is 12.7. The van der Waals surface area contributed by atoms with Crippen molar-refractivity contribution in [3.63, 3.8) is 0 Å². The SMILES string of the molecule is CCNC(C)CC(=O)NCc1cccc(C)c1. The molecule has 0 radical (unpaired) electrons. The molecule has 3 nitrogen and oxygen atoms in total. The van der Waals surface area contributed by atoms with Crippen LogP contribution in [0, 0.1) is 6.92 Å². The molecule has 0 saturated heterocycles. The van der Waals surface area contributed by atoms with E-state index in [-0.39, 0.29) is 11.9 Å². The van der Waals surface area contributed by atoms with Crippen LogP contribution < -0.4 is 10.6 Å². The Morgan fingerprint density at radius 1 is 1.41 bits per heavy atom. The Bertz CT molecular complexity index is 363. The zero-order valence-corrected chi connectivity index (χ0v) is 10.9. The quantitative estimate of drug-likeness (QED) is 0.790. The minimum atomic E-state index is 0.0972. The first-order chi connectivity index (χ1) is 8.11. The van der Waals surface area contributed by atoms with Crippen LogP contribution in [0.5, 0.6) is 0 Å². The highest BCUT2D eigenvalue weighted by molar-refractivity contribution is 5.76. The van der Waals surface area contributed by atoms with Gasteiger partial charge in [-0.1, -0.05) is 36.8 Å². The van der Waals surface area contributed by atoms with Crippen LogP contribution in [0.15, 0.2) is 24.3 Å². The summed E-state index contributed by atoms with van der Waals surface area (Å²) in [6.07, 6.45) is 0.527. The summed E-state index contributed by atoms with van der Waals surface area (Å²) < 4.78 is 0. The molecule has 0 aliphatic carbocycles. The van der Waals surface area contributed by atoms with Crippen molar-refractivity contribution in [3.8, 4) is 0 Å². The number of hydrogen-bond donors (Lipinski definition) is 2. The van der Waals surface area contributed by atoms with Crippen LogP contribution in [0.25, 0.3) is 0 Å². The van der Waals surface area contributed by atoms with Gasteiger partial charge in [0.2, 0.25) is 5.91 Å². The van der Waals surface area contributed by atoms with E-state index in [1.54, 1.807) is 0 Å². The third-order valence-corrected chi connectivity index (χ3v) is 2.62. The Labute approximate surface area is 104 Å². The Hall–Kier alpha value is -1.35. The standard InChI is InChI=1S/C14H22N2O/c1-4-15-12(3)9-14(17)16-10-13-7-5-6-11(2)8-13/h5-8,12,15H,4,9-10H2,1-3H3,(H,16,17). The predicted molar refractivity (Wildman–Crippen MR) is 70.8 cm³/mol. The van der Waals surface area contributed by atoms with Crippen LogP contribution in [-0.4, -0.2) is 18.5 Å². The first kappa shape index (κ1) is 13.7. The lowest BCUT2D eigenvalue weighted by atomic mass is 10.1. The highest BCUT2D eigenvalue weighted by Gasteiger charge is 2.07. The molecular weight excluding hydrogens is 212 g/mol. The molecule has 1 unspecified atom stereocenters. The van der Waals surface area contributed by atoms with Gasteiger partial charge in [0.25, 0.3) is 0 Å². The molecular formula is C14H22N2O. The second-order valence-electron chi connectivity index (χ2n) is 4.43. The highest BCUT2D eigenvalue weighted by Crippen LogP contribution is 2.03. The van der Waals surface area contributed by atoms with Gasteiger partial charge in [-0.2, -0.15) is 0 Å². The number of nitrogens with one attached hydrogen (secondary N) is 2. The van der Waals surface area contributed by atoms with E-state index >= 15 is 0 Å². The number of benzene rings is 1. The van der Waals surface area contributed by atoms with Gasteiger partial charge in [-0.15, -0.1) is 0 Å². The first-order valence-electron chi connectivity index (χ1n) is 6.17. The smallest absolute Gasteiger partial charge is 0.221 e. The van der Waals surface area contributed by atoms with Gasteiger partial charge in [-0.25, -0.2) is 0 Å². The molecule has 3 heteroatoms. The number of rotatable bonds is 6. The van der Waals surface area contributed by atoms with Gasteiger partial charge >= 0.3 is 0 Å². The van der Waals surface area contributed by atoms with E-state index in [0.29, 0.717) is 13.0 Å². The molecule has 0 bridgehead atoms. The average Bonchev–Trinajstić information content (AvgIpc) is 2.27. The van der Waals surface area contributed by atoms with Crippen LogP contribution in [0.2, 0.25) is 0 Å². The minimum Gasteiger partial charge on any atom is -0.352 e. The number of aryl methyl sites for hydroxylation is 1. The van der Waals surface area contributed by atoms with Crippen LogP contribution in [0.3, 0.4) is 0 Å². The topological polar surface area (TPSA) is 41.1 Å². The van der Waals surface area contributed by atoms with Crippen molar-refractivity contribution < 1.29 is 4.79 Å². The molecule has 1 rings (SSSR count). The molecule has 0 aromatic heterocycles. The van der Waals surface area contributed by atoms with Crippen molar-refractivity contribution in [2.45, 2.75) is 39.8 Å².